The van der Waals surface area contributed by atoms with Crippen LogP contribution in [0.1, 0.15) is 33.4 Å². The highest BCUT2D eigenvalue weighted by Gasteiger charge is 1.76. The van der Waals surface area contributed by atoms with E-state index in [4.69, 9.17) is 0 Å². The van der Waals surface area contributed by atoms with Gasteiger partial charge in [-0.3, -0.25) is 0 Å². The van der Waals surface area contributed by atoms with E-state index in [1.807, 2.05) is 34.6 Å². The first-order chi connectivity index (χ1) is 5.89. The predicted molar refractivity (Wildman–Crippen MR) is 55.1 cm³/mol. The second-order valence-corrected chi connectivity index (χ2v) is 1.11. The maximum Gasteiger partial charge on any atom is 0.0793 e. The molecule has 0 aliphatic heterocycles. The molecule has 72 valence electrons. The molecule has 0 amide bonds. The molecule has 0 aliphatic rings. The molecule has 0 aromatic carbocycles. The lowest BCUT2D eigenvalue weighted by molar-refractivity contribution is 0.928. The van der Waals surface area contributed by atoms with Crippen molar-refractivity contribution in [3.8, 4) is 0 Å². The van der Waals surface area contributed by atoms with Crippen LogP contribution < -0.4 is 0 Å². The molecule has 0 spiro atoms. The Morgan fingerprint density at radius 3 is 1.67 bits per heavy atom. The summed E-state index contributed by atoms with van der Waals surface area (Å²) in [5, 5.41) is 9.70. The van der Waals surface area contributed by atoms with E-state index in [9.17, 15) is 0 Å². The molecule has 3 heteroatoms. The molecule has 0 bridgehead atoms. The summed E-state index contributed by atoms with van der Waals surface area (Å²) in [4.78, 5) is 0. The third-order valence-electron chi connectivity index (χ3n) is 0.535. The second kappa shape index (κ2) is 22.5. The molecule has 1 rings (SSSR count). The van der Waals surface area contributed by atoms with Gasteiger partial charge in [0.2, 0.25) is 0 Å². The molecular formula is C9H21N3. The molecule has 0 atom stereocenters. The van der Waals surface area contributed by atoms with Crippen molar-refractivity contribution in [3.05, 3.63) is 25.0 Å². The molecule has 0 unspecified atom stereocenters. The summed E-state index contributed by atoms with van der Waals surface area (Å²) in [6, 6.07) is 0. The normalized spacial score (nSPS) is 5.75. The summed E-state index contributed by atoms with van der Waals surface area (Å²) in [6.07, 6.45) is 1.67. The lowest BCUT2D eigenvalue weighted by atomic mass is 10.6. The molecule has 0 radical (unpaired) electrons. The summed E-state index contributed by atoms with van der Waals surface area (Å²) in [6.45, 7) is 15.9. The Bertz CT molecular complexity index is 124. The smallest absolute Gasteiger partial charge is 0.0793 e. The number of aromatic amines is 1. The van der Waals surface area contributed by atoms with Gasteiger partial charge >= 0.3 is 0 Å². The van der Waals surface area contributed by atoms with Gasteiger partial charge in [0.05, 0.1) is 11.9 Å². The minimum Gasteiger partial charge on any atom is -0.198 e. The van der Waals surface area contributed by atoms with Crippen LogP contribution in [0.2, 0.25) is 0 Å². The van der Waals surface area contributed by atoms with Crippen LogP contribution in [-0.2, 0) is 0 Å². The minimum absolute atomic E-state index is 0.926. The maximum atomic E-state index is 3.68. The van der Waals surface area contributed by atoms with E-state index in [-0.39, 0.29) is 0 Å². The molecule has 1 heterocycles. The quantitative estimate of drug-likeness (QED) is 0.610. The van der Waals surface area contributed by atoms with Gasteiger partial charge in [-0.1, -0.05) is 27.7 Å². The van der Waals surface area contributed by atoms with Crippen LogP contribution in [0.15, 0.2) is 19.4 Å². The Balaban J connectivity index is -0.000000117. The highest BCUT2D eigenvalue weighted by Crippen LogP contribution is 1.77. The lowest BCUT2D eigenvalue weighted by Crippen LogP contribution is -1.66. The summed E-state index contributed by atoms with van der Waals surface area (Å²) in [5.74, 6) is 0. The van der Waals surface area contributed by atoms with Gasteiger partial charge in [0.25, 0.3) is 0 Å². The Morgan fingerprint density at radius 2 is 1.58 bits per heavy atom. The molecular weight excluding hydrogens is 150 g/mol. The second-order valence-electron chi connectivity index (χ2n) is 1.11. The van der Waals surface area contributed by atoms with Crippen LogP contribution in [0.3, 0.4) is 0 Å². The Hall–Kier alpha value is -1.12. The van der Waals surface area contributed by atoms with Crippen LogP contribution in [0.4, 0.5) is 0 Å². The van der Waals surface area contributed by atoms with Crippen molar-refractivity contribution in [2.75, 3.05) is 0 Å². The molecule has 0 fully saturated rings. The van der Waals surface area contributed by atoms with Crippen molar-refractivity contribution in [2.45, 2.75) is 34.6 Å². The molecule has 0 saturated heterocycles. The number of nitrogens with one attached hydrogen (secondary N) is 1. The van der Waals surface area contributed by atoms with E-state index in [0.717, 1.165) is 5.69 Å². The fraction of sp³-hybridized carbons (Fsp3) is 0.556. The van der Waals surface area contributed by atoms with Crippen molar-refractivity contribution in [3.63, 3.8) is 0 Å². The van der Waals surface area contributed by atoms with Crippen LogP contribution in [0.5, 0.6) is 0 Å². The average Bonchev–Trinajstić information content (AvgIpc) is 2.66. The number of hydrogen-bond donors (Lipinski definition) is 1. The predicted octanol–water partition coefficient (Wildman–Crippen LogP) is 2.97. The van der Waals surface area contributed by atoms with Gasteiger partial charge in [0.1, 0.15) is 0 Å². The largest absolute Gasteiger partial charge is 0.198 e. The minimum atomic E-state index is 0.926. The van der Waals surface area contributed by atoms with Crippen molar-refractivity contribution >= 4 is 0 Å². The lowest BCUT2D eigenvalue weighted by Gasteiger charge is -1.62. The number of nitrogens with zero attached hydrogens (tertiary/aromatic N) is 2. The third kappa shape index (κ3) is 15.9. The molecule has 0 aliphatic carbocycles. The van der Waals surface area contributed by atoms with Gasteiger partial charge in [-0.2, -0.15) is 15.4 Å². The van der Waals surface area contributed by atoms with Crippen molar-refractivity contribution < 1.29 is 0 Å². The first-order valence-corrected chi connectivity index (χ1v) is 4.22. The van der Waals surface area contributed by atoms with E-state index >= 15 is 0 Å². The summed E-state index contributed by atoms with van der Waals surface area (Å²) in [7, 11) is 0. The van der Waals surface area contributed by atoms with Crippen LogP contribution in [-0.4, -0.2) is 15.4 Å². The Labute approximate surface area is 75.9 Å². The monoisotopic (exact) mass is 171 g/mol. The van der Waals surface area contributed by atoms with Crippen molar-refractivity contribution in [1.82, 2.24) is 15.4 Å². The number of hydrogen-bond acceptors (Lipinski definition) is 2. The zero-order valence-corrected chi connectivity index (χ0v) is 8.89. The fourth-order valence-corrected chi connectivity index (χ4v) is 0.259. The zero-order valence-electron chi connectivity index (χ0n) is 8.89. The van der Waals surface area contributed by atoms with Gasteiger partial charge in [0, 0.05) is 0 Å². The van der Waals surface area contributed by atoms with Gasteiger partial charge in [0.15, 0.2) is 0 Å². The molecule has 1 N–H and O–H groups in total. The number of aromatic nitrogens is 3. The highest BCUT2D eigenvalue weighted by molar-refractivity contribution is 4.82. The topological polar surface area (TPSA) is 41.6 Å². The van der Waals surface area contributed by atoms with E-state index in [1.54, 1.807) is 6.20 Å². The summed E-state index contributed by atoms with van der Waals surface area (Å²) >= 11 is 0. The first kappa shape index (κ1) is 17.1. The van der Waals surface area contributed by atoms with Gasteiger partial charge in [-0.05, 0) is 6.92 Å². The SMILES string of the molecule is C=C.CC.CC.Cc1cn[nH]n1. The molecule has 0 saturated carbocycles. The highest BCUT2D eigenvalue weighted by atomic mass is 15.3. The molecule has 1 aromatic heterocycles. The number of rotatable bonds is 0. The van der Waals surface area contributed by atoms with Gasteiger partial charge in [-0.15, -0.1) is 13.2 Å². The summed E-state index contributed by atoms with van der Waals surface area (Å²) < 4.78 is 0. The van der Waals surface area contributed by atoms with Crippen molar-refractivity contribution in [1.29, 1.82) is 0 Å². The van der Waals surface area contributed by atoms with E-state index in [2.05, 4.69) is 28.6 Å². The van der Waals surface area contributed by atoms with Gasteiger partial charge < -0.3 is 0 Å². The van der Waals surface area contributed by atoms with Crippen LogP contribution in [0.25, 0.3) is 0 Å². The third-order valence-corrected chi connectivity index (χ3v) is 0.535. The molecule has 12 heavy (non-hydrogen) atoms. The van der Waals surface area contributed by atoms with E-state index < -0.39 is 0 Å². The summed E-state index contributed by atoms with van der Waals surface area (Å²) in [5.41, 5.74) is 0.926. The van der Waals surface area contributed by atoms with Crippen molar-refractivity contribution in [2.24, 2.45) is 0 Å². The van der Waals surface area contributed by atoms with E-state index in [0.29, 0.717) is 0 Å². The van der Waals surface area contributed by atoms with Crippen LogP contribution >= 0.6 is 0 Å². The average molecular weight is 171 g/mol. The van der Waals surface area contributed by atoms with Crippen LogP contribution in [0, 0.1) is 6.92 Å². The fourth-order valence-electron chi connectivity index (χ4n) is 0.259. The molecule has 1 aromatic rings. The number of H-pyrrole nitrogens is 1. The molecule has 3 nitrogen and oxygen atoms in total. The Kier molecular flexibility index (Phi) is 32.1. The van der Waals surface area contributed by atoms with Gasteiger partial charge in [-0.25, -0.2) is 0 Å². The van der Waals surface area contributed by atoms with E-state index in [1.165, 1.54) is 0 Å². The maximum absolute atomic E-state index is 3.68. The zero-order chi connectivity index (χ0) is 10.4. The Morgan fingerprint density at radius 1 is 1.17 bits per heavy atom. The standard InChI is InChI=1S/C3H5N3.2C2H6.C2H4/c1-3-2-4-6-5-3;3*1-2/h2H,1H3,(H,4,5,6);2*1-2H3;1-2H2. The number of aryl methyl sites for hydroxylation is 1. The first-order valence-electron chi connectivity index (χ1n) is 4.22.